The highest BCUT2D eigenvalue weighted by Crippen LogP contribution is 1.96. The van der Waals surface area contributed by atoms with Crippen LogP contribution in [0.1, 0.15) is 19.8 Å². The van der Waals surface area contributed by atoms with Crippen LogP contribution < -0.4 is 5.32 Å². The molecule has 1 N–H and O–H groups in total. The van der Waals surface area contributed by atoms with Crippen LogP contribution in [0.2, 0.25) is 0 Å². The summed E-state index contributed by atoms with van der Waals surface area (Å²) in [6.07, 6.45) is 1.40. The molecule has 1 amide bonds. The van der Waals surface area contributed by atoms with Crippen LogP contribution in [-0.4, -0.2) is 25.7 Å². The van der Waals surface area contributed by atoms with Gasteiger partial charge in [0.05, 0.1) is 6.61 Å². The average molecular weight is 250 g/mol. The van der Waals surface area contributed by atoms with Gasteiger partial charge in [-0.05, 0) is 6.42 Å². The molecule has 0 aromatic carbocycles. The fourth-order valence-corrected chi connectivity index (χ4v) is 0.834. The van der Waals surface area contributed by atoms with Gasteiger partial charge in [-0.2, -0.15) is 0 Å². The van der Waals surface area contributed by atoms with Crippen LogP contribution >= 0.6 is 15.9 Å². The standard InChI is InChI=1S/C9H16BrNO2/c1-3-5-13-6-4-9(12)11-7-8(2)10/h2-7H2,1H3,(H,11,12). The zero-order valence-corrected chi connectivity index (χ0v) is 9.52. The summed E-state index contributed by atoms with van der Waals surface area (Å²) < 4.78 is 5.94. The van der Waals surface area contributed by atoms with Gasteiger partial charge in [-0.15, -0.1) is 0 Å². The molecule has 0 saturated heterocycles. The number of rotatable bonds is 7. The molecular weight excluding hydrogens is 234 g/mol. The highest BCUT2D eigenvalue weighted by molar-refractivity contribution is 9.11. The fourth-order valence-electron chi connectivity index (χ4n) is 0.694. The van der Waals surface area contributed by atoms with Crippen LogP contribution in [0.3, 0.4) is 0 Å². The van der Waals surface area contributed by atoms with Crippen molar-refractivity contribution in [3.63, 3.8) is 0 Å². The number of ether oxygens (including phenoxy) is 1. The van der Waals surface area contributed by atoms with Crippen molar-refractivity contribution in [1.82, 2.24) is 5.32 Å². The van der Waals surface area contributed by atoms with E-state index in [2.05, 4.69) is 27.8 Å². The second-order valence-corrected chi connectivity index (χ2v) is 3.78. The first kappa shape index (κ1) is 12.7. The first-order chi connectivity index (χ1) is 6.16. The molecule has 0 aromatic rings. The van der Waals surface area contributed by atoms with Crippen LogP contribution in [0.15, 0.2) is 11.1 Å². The molecule has 0 rings (SSSR count). The monoisotopic (exact) mass is 249 g/mol. The lowest BCUT2D eigenvalue weighted by atomic mass is 10.4. The molecule has 0 aliphatic heterocycles. The lowest BCUT2D eigenvalue weighted by Gasteiger charge is -2.04. The molecule has 0 unspecified atom stereocenters. The molecule has 0 radical (unpaired) electrons. The van der Waals surface area contributed by atoms with Gasteiger partial charge < -0.3 is 10.1 Å². The van der Waals surface area contributed by atoms with Gasteiger partial charge in [0, 0.05) is 24.1 Å². The summed E-state index contributed by atoms with van der Waals surface area (Å²) in [5, 5.41) is 2.69. The van der Waals surface area contributed by atoms with Crippen molar-refractivity contribution in [2.45, 2.75) is 19.8 Å². The lowest BCUT2D eigenvalue weighted by molar-refractivity contribution is -0.121. The van der Waals surface area contributed by atoms with E-state index in [0.29, 0.717) is 19.6 Å². The van der Waals surface area contributed by atoms with E-state index in [1.165, 1.54) is 0 Å². The molecule has 76 valence electrons. The van der Waals surface area contributed by atoms with E-state index in [4.69, 9.17) is 4.74 Å². The Labute approximate surface area is 87.7 Å². The highest BCUT2D eigenvalue weighted by atomic mass is 79.9. The quantitative estimate of drug-likeness (QED) is 0.700. The minimum Gasteiger partial charge on any atom is -0.381 e. The van der Waals surface area contributed by atoms with Crippen molar-refractivity contribution in [1.29, 1.82) is 0 Å². The van der Waals surface area contributed by atoms with E-state index in [0.717, 1.165) is 17.5 Å². The second kappa shape index (κ2) is 8.26. The molecule has 0 aliphatic rings. The number of nitrogens with one attached hydrogen (secondary N) is 1. The number of amides is 1. The van der Waals surface area contributed by atoms with Gasteiger partial charge in [0.1, 0.15) is 0 Å². The van der Waals surface area contributed by atoms with Crippen molar-refractivity contribution < 1.29 is 9.53 Å². The smallest absolute Gasteiger partial charge is 0.222 e. The maximum atomic E-state index is 11.1. The molecule has 4 heteroatoms. The predicted octanol–water partition coefficient (Wildman–Crippen LogP) is 1.83. The summed E-state index contributed by atoms with van der Waals surface area (Å²) in [6.45, 7) is 7.34. The number of halogens is 1. The second-order valence-electron chi connectivity index (χ2n) is 2.66. The fraction of sp³-hybridized carbons (Fsp3) is 0.667. The third-order valence-corrected chi connectivity index (χ3v) is 1.58. The molecule has 3 nitrogen and oxygen atoms in total. The van der Waals surface area contributed by atoms with E-state index in [1.54, 1.807) is 0 Å². The third-order valence-electron chi connectivity index (χ3n) is 1.30. The molecule has 0 bridgehead atoms. The third kappa shape index (κ3) is 9.56. The van der Waals surface area contributed by atoms with Gasteiger partial charge in [-0.1, -0.05) is 29.4 Å². The van der Waals surface area contributed by atoms with Gasteiger partial charge >= 0.3 is 0 Å². The molecule has 0 aromatic heterocycles. The SMILES string of the molecule is C=C(Br)CNC(=O)CCOCCC. The Kier molecular flexibility index (Phi) is 8.04. The topological polar surface area (TPSA) is 38.3 Å². The Hall–Kier alpha value is -0.350. The first-order valence-electron chi connectivity index (χ1n) is 4.34. The Morgan fingerprint density at radius 3 is 2.77 bits per heavy atom. The number of carbonyl (C=O) groups excluding carboxylic acids is 1. The van der Waals surface area contributed by atoms with Gasteiger partial charge in [-0.25, -0.2) is 0 Å². The van der Waals surface area contributed by atoms with Crippen molar-refractivity contribution in [3.05, 3.63) is 11.1 Å². The Morgan fingerprint density at radius 2 is 2.23 bits per heavy atom. The van der Waals surface area contributed by atoms with E-state index in [1.807, 2.05) is 6.92 Å². The zero-order valence-electron chi connectivity index (χ0n) is 7.94. The molecule has 0 spiro atoms. The summed E-state index contributed by atoms with van der Waals surface area (Å²) in [5.74, 6) is -0.00305. The molecule has 13 heavy (non-hydrogen) atoms. The van der Waals surface area contributed by atoms with Crippen molar-refractivity contribution in [2.75, 3.05) is 19.8 Å². The van der Waals surface area contributed by atoms with Crippen molar-refractivity contribution >= 4 is 21.8 Å². The number of hydrogen-bond donors (Lipinski definition) is 1. The molecule has 0 atom stereocenters. The maximum Gasteiger partial charge on any atom is 0.222 e. The first-order valence-corrected chi connectivity index (χ1v) is 5.13. The molecule has 0 heterocycles. The largest absolute Gasteiger partial charge is 0.381 e. The van der Waals surface area contributed by atoms with Gasteiger partial charge in [0.15, 0.2) is 0 Å². The molecule has 0 aliphatic carbocycles. The normalized spacial score (nSPS) is 9.69. The highest BCUT2D eigenvalue weighted by Gasteiger charge is 1.99. The summed E-state index contributed by atoms with van der Waals surface area (Å²) in [5.41, 5.74) is 0. The number of hydrogen-bond acceptors (Lipinski definition) is 2. The van der Waals surface area contributed by atoms with Crippen LogP contribution in [0, 0.1) is 0 Å². The van der Waals surface area contributed by atoms with Gasteiger partial charge in [0.2, 0.25) is 5.91 Å². The molecule has 0 fully saturated rings. The van der Waals surface area contributed by atoms with Gasteiger partial charge in [0.25, 0.3) is 0 Å². The van der Waals surface area contributed by atoms with Crippen molar-refractivity contribution in [2.24, 2.45) is 0 Å². The zero-order chi connectivity index (χ0) is 10.1. The Bertz CT molecular complexity index is 171. The van der Waals surface area contributed by atoms with E-state index in [9.17, 15) is 4.79 Å². The lowest BCUT2D eigenvalue weighted by Crippen LogP contribution is -2.25. The molecular formula is C9H16BrNO2. The molecule has 0 saturated carbocycles. The Balaban J connectivity index is 3.25. The minimum absolute atomic E-state index is 0.00305. The van der Waals surface area contributed by atoms with E-state index >= 15 is 0 Å². The maximum absolute atomic E-state index is 11.1. The van der Waals surface area contributed by atoms with Crippen LogP contribution in [0.4, 0.5) is 0 Å². The summed E-state index contributed by atoms with van der Waals surface area (Å²) >= 11 is 3.16. The van der Waals surface area contributed by atoms with Crippen LogP contribution in [-0.2, 0) is 9.53 Å². The van der Waals surface area contributed by atoms with Gasteiger partial charge in [-0.3, -0.25) is 4.79 Å². The predicted molar refractivity (Wildman–Crippen MR) is 56.8 cm³/mol. The number of carbonyl (C=O) groups is 1. The summed E-state index contributed by atoms with van der Waals surface area (Å²) in [6, 6.07) is 0. The summed E-state index contributed by atoms with van der Waals surface area (Å²) in [4.78, 5) is 11.1. The van der Waals surface area contributed by atoms with Crippen LogP contribution in [0.5, 0.6) is 0 Å². The minimum atomic E-state index is -0.00305. The summed E-state index contributed by atoms with van der Waals surface area (Å²) in [7, 11) is 0. The van der Waals surface area contributed by atoms with Crippen LogP contribution in [0.25, 0.3) is 0 Å². The van der Waals surface area contributed by atoms with E-state index in [-0.39, 0.29) is 5.91 Å². The average Bonchev–Trinajstić information content (AvgIpc) is 2.09. The van der Waals surface area contributed by atoms with E-state index < -0.39 is 0 Å². The Morgan fingerprint density at radius 1 is 1.54 bits per heavy atom. The van der Waals surface area contributed by atoms with Crippen molar-refractivity contribution in [3.8, 4) is 0 Å².